The molecule has 1 aromatic heterocycles. The summed E-state index contributed by atoms with van der Waals surface area (Å²) in [5.74, 6) is 0.993. The molecule has 0 unspecified atom stereocenters. The van der Waals surface area contributed by atoms with E-state index in [-0.39, 0.29) is 40.7 Å². The Morgan fingerprint density at radius 2 is 1.52 bits per heavy atom. The number of hydrogen-bond acceptors (Lipinski definition) is 9. The summed E-state index contributed by atoms with van der Waals surface area (Å²) in [5.41, 5.74) is 1.92. The maximum absolute atomic E-state index is 13.5. The van der Waals surface area contributed by atoms with Gasteiger partial charge >= 0.3 is 0 Å². The minimum absolute atomic E-state index is 0.0188. The Kier molecular flexibility index (Phi) is 8.11. The molecule has 5 rings (SSSR count). The summed E-state index contributed by atoms with van der Waals surface area (Å²) in [5, 5.41) is 5.88. The van der Waals surface area contributed by atoms with Gasteiger partial charge < -0.3 is 25.0 Å². The van der Waals surface area contributed by atoms with Crippen molar-refractivity contribution in [2.75, 3.05) is 42.7 Å². The van der Waals surface area contributed by atoms with Crippen LogP contribution in [0.2, 0.25) is 0 Å². The van der Waals surface area contributed by atoms with Gasteiger partial charge in [0.25, 0.3) is 10.0 Å². The monoisotopic (exact) mass is 590 g/mol. The van der Waals surface area contributed by atoms with Crippen molar-refractivity contribution in [1.82, 2.24) is 14.9 Å². The highest BCUT2D eigenvalue weighted by molar-refractivity contribution is 7.92. The van der Waals surface area contributed by atoms with Crippen LogP contribution in [0, 0.1) is 5.92 Å². The van der Waals surface area contributed by atoms with Crippen molar-refractivity contribution in [2.45, 2.75) is 18.2 Å². The third kappa shape index (κ3) is 6.52. The molecule has 1 saturated heterocycles. The van der Waals surface area contributed by atoms with Crippen molar-refractivity contribution < 1.29 is 27.5 Å². The molecule has 2 amide bonds. The van der Waals surface area contributed by atoms with Crippen LogP contribution in [0.5, 0.6) is 11.5 Å². The Hall–Kier alpha value is -4.91. The van der Waals surface area contributed by atoms with Crippen molar-refractivity contribution in [3.63, 3.8) is 0 Å². The molecule has 218 valence electrons. The first kappa shape index (κ1) is 28.6. The van der Waals surface area contributed by atoms with Gasteiger partial charge in [-0.3, -0.25) is 14.3 Å². The van der Waals surface area contributed by atoms with Crippen LogP contribution >= 0.6 is 0 Å². The molecule has 0 saturated carbocycles. The fourth-order valence-electron chi connectivity index (χ4n) is 4.53. The molecular weight excluding hydrogens is 560 g/mol. The second-order valence-electron chi connectivity index (χ2n) is 9.81. The first-order valence-electron chi connectivity index (χ1n) is 13.1. The van der Waals surface area contributed by atoms with Crippen molar-refractivity contribution in [2.24, 2.45) is 5.92 Å². The number of aromatic nitrogens is 2. The summed E-state index contributed by atoms with van der Waals surface area (Å²) < 4.78 is 40.3. The van der Waals surface area contributed by atoms with Gasteiger partial charge in [-0.25, -0.2) is 18.4 Å². The number of sulfonamides is 1. The van der Waals surface area contributed by atoms with Gasteiger partial charge in [-0.05, 0) is 30.3 Å². The van der Waals surface area contributed by atoms with Crippen LogP contribution in [-0.2, 0) is 19.6 Å². The Bertz CT molecular complexity index is 1730. The van der Waals surface area contributed by atoms with Crippen LogP contribution in [0.25, 0.3) is 11.0 Å². The molecule has 0 aliphatic carbocycles. The largest absolute Gasteiger partial charge is 0.497 e. The standard InChI is InChI=1S/C29H30N6O6S/c1-18(36)35-16-19(17-35)11-27(37)30-20-7-6-8-24(14-20)42(38,39)34-29-28(32-25-9-4-5-10-26(25)33-29)31-21-12-22(40-2)15-23(13-21)41-3/h4-10,12-15,19H,11,16-17H2,1-3H3,(H,30,37)(H,31,32)(H,33,34). The molecule has 1 aliphatic heterocycles. The molecular formula is C29H30N6O6S. The number of rotatable bonds is 10. The molecule has 0 atom stereocenters. The lowest BCUT2D eigenvalue weighted by molar-refractivity contribution is -0.136. The highest BCUT2D eigenvalue weighted by Crippen LogP contribution is 2.32. The van der Waals surface area contributed by atoms with E-state index in [1.807, 2.05) is 6.07 Å². The van der Waals surface area contributed by atoms with Gasteiger partial charge in [0.15, 0.2) is 11.6 Å². The smallest absolute Gasteiger partial charge is 0.263 e. The van der Waals surface area contributed by atoms with E-state index in [0.717, 1.165) is 0 Å². The molecule has 2 heterocycles. The Labute approximate surface area is 243 Å². The Morgan fingerprint density at radius 3 is 2.14 bits per heavy atom. The maximum atomic E-state index is 13.5. The van der Waals surface area contributed by atoms with Crippen molar-refractivity contribution in [3.05, 3.63) is 66.7 Å². The zero-order valence-electron chi connectivity index (χ0n) is 23.2. The fourth-order valence-corrected chi connectivity index (χ4v) is 5.59. The number of nitrogens with one attached hydrogen (secondary N) is 3. The van der Waals surface area contributed by atoms with Crippen LogP contribution < -0.4 is 24.8 Å². The predicted octanol–water partition coefficient (Wildman–Crippen LogP) is 4.00. The number of carbonyl (C=O) groups is 2. The molecule has 13 heteroatoms. The number of ether oxygens (including phenoxy) is 2. The molecule has 12 nitrogen and oxygen atoms in total. The van der Waals surface area contributed by atoms with Crippen LogP contribution in [0.3, 0.4) is 0 Å². The second kappa shape index (κ2) is 11.9. The highest BCUT2D eigenvalue weighted by Gasteiger charge is 2.30. The zero-order valence-corrected chi connectivity index (χ0v) is 24.1. The minimum atomic E-state index is -4.15. The maximum Gasteiger partial charge on any atom is 0.263 e. The average molecular weight is 591 g/mol. The number of para-hydroxylation sites is 2. The van der Waals surface area contributed by atoms with Crippen LogP contribution in [0.1, 0.15) is 13.3 Å². The first-order chi connectivity index (χ1) is 20.1. The molecule has 1 aliphatic rings. The molecule has 0 bridgehead atoms. The van der Waals surface area contributed by atoms with E-state index in [0.29, 0.717) is 47.0 Å². The van der Waals surface area contributed by atoms with E-state index in [1.165, 1.54) is 33.3 Å². The lowest BCUT2D eigenvalue weighted by Crippen LogP contribution is -2.50. The SMILES string of the molecule is COc1cc(Nc2nc3ccccc3nc2NS(=O)(=O)c2cccc(NC(=O)CC3CN(C(C)=O)C3)c2)cc(OC)c1. The summed E-state index contributed by atoms with van der Waals surface area (Å²) in [7, 11) is -1.10. The number of anilines is 4. The van der Waals surface area contributed by atoms with E-state index in [9.17, 15) is 18.0 Å². The number of nitrogens with zero attached hydrogens (tertiary/aromatic N) is 3. The lowest BCUT2D eigenvalue weighted by atomic mass is 9.96. The normalized spacial score (nSPS) is 13.3. The van der Waals surface area contributed by atoms with E-state index in [1.54, 1.807) is 53.4 Å². The molecule has 3 N–H and O–H groups in total. The van der Waals surface area contributed by atoms with Gasteiger partial charge in [-0.1, -0.05) is 18.2 Å². The molecule has 1 fully saturated rings. The molecule has 4 aromatic rings. The van der Waals surface area contributed by atoms with Gasteiger partial charge in [0.2, 0.25) is 11.8 Å². The molecule has 42 heavy (non-hydrogen) atoms. The number of methoxy groups -OCH3 is 2. The quantitative estimate of drug-likeness (QED) is 0.249. The lowest BCUT2D eigenvalue weighted by Gasteiger charge is -2.38. The fraction of sp³-hybridized carbons (Fsp3) is 0.241. The topological polar surface area (TPSA) is 152 Å². The number of likely N-dealkylation sites (tertiary alicyclic amines) is 1. The average Bonchev–Trinajstić information content (AvgIpc) is 2.94. The van der Waals surface area contributed by atoms with Crippen molar-refractivity contribution >= 4 is 55.9 Å². The number of carbonyl (C=O) groups excluding carboxylic acids is 2. The van der Waals surface area contributed by atoms with Gasteiger partial charge in [0.05, 0.1) is 30.1 Å². The third-order valence-corrected chi connectivity index (χ3v) is 8.06. The Morgan fingerprint density at radius 1 is 0.881 bits per heavy atom. The second-order valence-corrected chi connectivity index (χ2v) is 11.5. The van der Waals surface area contributed by atoms with Crippen LogP contribution in [-0.4, -0.2) is 62.4 Å². The van der Waals surface area contributed by atoms with E-state index in [4.69, 9.17) is 9.47 Å². The number of fused-ring (bicyclic) bond motifs is 1. The number of hydrogen-bond donors (Lipinski definition) is 3. The first-order valence-corrected chi connectivity index (χ1v) is 14.6. The highest BCUT2D eigenvalue weighted by atomic mass is 32.2. The summed E-state index contributed by atoms with van der Waals surface area (Å²) in [6.07, 6.45) is 0.232. The van der Waals surface area contributed by atoms with Crippen LogP contribution in [0.15, 0.2) is 71.6 Å². The Balaban J connectivity index is 1.38. The summed E-state index contributed by atoms with van der Waals surface area (Å²) in [4.78, 5) is 34.7. The van der Waals surface area contributed by atoms with E-state index in [2.05, 4.69) is 25.3 Å². The van der Waals surface area contributed by atoms with Gasteiger partial charge in [0, 0.05) is 61.9 Å². The molecule has 0 radical (unpaired) electrons. The predicted molar refractivity (Wildman–Crippen MR) is 159 cm³/mol. The summed E-state index contributed by atoms with van der Waals surface area (Å²) in [6, 6.07) is 18.2. The van der Waals surface area contributed by atoms with Gasteiger partial charge in [0.1, 0.15) is 11.5 Å². The summed E-state index contributed by atoms with van der Waals surface area (Å²) >= 11 is 0. The summed E-state index contributed by atoms with van der Waals surface area (Å²) in [6.45, 7) is 2.56. The van der Waals surface area contributed by atoms with Crippen molar-refractivity contribution in [3.8, 4) is 11.5 Å². The third-order valence-electron chi connectivity index (χ3n) is 6.72. The van der Waals surface area contributed by atoms with E-state index < -0.39 is 10.0 Å². The zero-order chi connectivity index (χ0) is 29.9. The van der Waals surface area contributed by atoms with Crippen LogP contribution in [0.4, 0.5) is 23.0 Å². The molecule has 3 aromatic carbocycles. The van der Waals surface area contributed by atoms with E-state index >= 15 is 0 Å². The molecule has 0 spiro atoms. The number of amides is 2. The van der Waals surface area contributed by atoms with Gasteiger partial charge in [-0.15, -0.1) is 0 Å². The van der Waals surface area contributed by atoms with Crippen molar-refractivity contribution in [1.29, 1.82) is 0 Å². The number of benzene rings is 3. The van der Waals surface area contributed by atoms with Gasteiger partial charge in [-0.2, -0.15) is 0 Å². The minimum Gasteiger partial charge on any atom is -0.497 e.